The zero-order valence-corrected chi connectivity index (χ0v) is 15.0. The number of benzene rings is 3. The number of aliphatic imine (C=N–C) groups is 1. The summed E-state index contributed by atoms with van der Waals surface area (Å²) >= 11 is 0. The molecule has 0 saturated heterocycles. The van der Waals surface area contributed by atoms with E-state index in [1.165, 1.54) is 12.1 Å². The second-order valence-electron chi connectivity index (χ2n) is 6.16. The van der Waals surface area contributed by atoms with Gasteiger partial charge in [-0.05, 0) is 17.7 Å². The third-order valence-corrected chi connectivity index (χ3v) is 4.01. The van der Waals surface area contributed by atoms with Crippen LogP contribution in [-0.4, -0.2) is 18.0 Å². The summed E-state index contributed by atoms with van der Waals surface area (Å²) in [7, 11) is 0. The van der Waals surface area contributed by atoms with Gasteiger partial charge in [0.15, 0.2) is 0 Å². The molecule has 2 nitrogen and oxygen atoms in total. The monoisotopic (exact) mass is 405 g/mol. The molecule has 0 aliphatic carbocycles. The Labute approximate surface area is 164 Å². The molecule has 0 saturated carbocycles. The van der Waals surface area contributed by atoms with Crippen molar-refractivity contribution in [2.24, 2.45) is 4.99 Å². The van der Waals surface area contributed by atoms with Gasteiger partial charge in [0.2, 0.25) is 0 Å². The number of nitrogens with zero attached hydrogens (tertiary/aromatic N) is 1. The summed E-state index contributed by atoms with van der Waals surface area (Å²) in [4.78, 5) is 4.63. The smallest absolute Gasteiger partial charge is 0.426 e. The lowest BCUT2D eigenvalue weighted by molar-refractivity contribution is -0.360. The molecule has 0 bridgehead atoms. The first-order valence-electron chi connectivity index (χ1n) is 8.64. The van der Waals surface area contributed by atoms with E-state index in [2.05, 4.69) is 9.73 Å². The number of halogens is 5. The number of hydrogen-bond donors (Lipinski definition) is 0. The topological polar surface area (TPSA) is 21.6 Å². The Bertz CT molecular complexity index is 911. The van der Waals surface area contributed by atoms with Crippen molar-refractivity contribution >= 4 is 5.71 Å². The summed E-state index contributed by atoms with van der Waals surface area (Å²) in [6, 6.07) is 23.9. The highest BCUT2D eigenvalue weighted by Gasteiger charge is 2.61. The van der Waals surface area contributed by atoms with Crippen LogP contribution in [0, 0.1) is 0 Å². The Morgan fingerprint density at radius 2 is 1.17 bits per heavy atom. The molecule has 3 aromatic carbocycles. The van der Waals surface area contributed by atoms with Gasteiger partial charge in [-0.1, -0.05) is 72.8 Å². The Kier molecular flexibility index (Phi) is 5.96. The summed E-state index contributed by atoms with van der Waals surface area (Å²) in [6.45, 7) is 0.217. The minimum absolute atomic E-state index is 0.217. The first kappa shape index (κ1) is 20.5. The summed E-state index contributed by atoms with van der Waals surface area (Å²) in [5, 5.41) is 0. The van der Waals surface area contributed by atoms with Crippen molar-refractivity contribution in [1.82, 2.24) is 0 Å². The van der Waals surface area contributed by atoms with Crippen molar-refractivity contribution in [3.05, 3.63) is 102 Å². The lowest BCUT2D eigenvalue weighted by Gasteiger charge is -2.20. The SMILES string of the molecule is FC(F)(F)C(F)(F)Oc1ccc(CN=C(c2ccccc2)c2ccccc2)cc1. The molecule has 0 spiro atoms. The van der Waals surface area contributed by atoms with E-state index in [0.717, 1.165) is 29.0 Å². The van der Waals surface area contributed by atoms with E-state index in [0.29, 0.717) is 5.56 Å². The normalized spacial score (nSPS) is 11.8. The fourth-order valence-electron chi connectivity index (χ4n) is 2.58. The molecule has 29 heavy (non-hydrogen) atoms. The van der Waals surface area contributed by atoms with Gasteiger partial charge in [0.05, 0.1) is 12.3 Å². The van der Waals surface area contributed by atoms with Crippen molar-refractivity contribution in [3.8, 4) is 5.75 Å². The van der Waals surface area contributed by atoms with E-state index in [9.17, 15) is 22.0 Å². The molecule has 3 aromatic rings. The number of alkyl halides is 5. The van der Waals surface area contributed by atoms with E-state index >= 15 is 0 Å². The maximum Gasteiger partial charge on any atom is 0.499 e. The Balaban J connectivity index is 1.80. The highest BCUT2D eigenvalue weighted by Crippen LogP contribution is 2.37. The molecule has 0 N–H and O–H groups in total. The van der Waals surface area contributed by atoms with Gasteiger partial charge in [0, 0.05) is 11.1 Å². The van der Waals surface area contributed by atoms with Gasteiger partial charge >= 0.3 is 12.3 Å². The predicted octanol–water partition coefficient (Wildman–Crippen LogP) is 6.26. The lowest BCUT2D eigenvalue weighted by Crippen LogP contribution is -2.41. The highest BCUT2D eigenvalue weighted by atomic mass is 19.4. The van der Waals surface area contributed by atoms with E-state index in [4.69, 9.17) is 0 Å². The van der Waals surface area contributed by atoms with Gasteiger partial charge in [-0.15, -0.1) is 0 Å². The minimum atomic E-state index is -5.78. The molecule has 0 heterocycles. The lowest BCUT2D eigenvalue weighted by atomic mass is 10.0. The van der Waals surface area contributed by atoms with Crippen molar-refractivity contribution in [1.29, 1.82) is 0 Å². The summed E-state index contributed by atoms with van der Waals surface area (Å²) in [5.74, 6) is -0.577. The third-order valence-electron chi connectivity index (χ3n) is 4.01. The quantitative estimate of drug-likeness (QED) is 0.350. The van der Waals surface area contributed by atoms with Crippen LogP contribution in [0.4, 0.5) is 22.0 Å². The molecule has 0 radical (unpaired) electrons. The van der Waals surface area contributed by atoms with Crippen LogP contribution in [0.5, 0.6) is 5.75 Å². The zero-order chi connectivity index (χ0) is 20.9. The molecular formula is C22H16F5NO. The van der Waals surface area contributed by atoms with Crippen LogP contribution >= 0.6 is 0 Å². The molecule has 0 aliphatic heterocycles. The standard InChI is InChI=1S/C22H16F5NO/c23-21(24,25)22(26,27)29-19-13-11-16(12-14-19)15-28-20(17-7-3-1-4-8-17)18-9-5-2-6-10-18/h1-14H,15H2. The van der Waals surface area contributed by atoms with E-state index in [1.54, 1.807) is 0 Å². The summed E-state index contributed by atoms with van der Waals surface area (Å²) < 4.78 is 66.5. The first-order chi connectivity index (χ1) is 13.8. The number of rotatable bonds is 6. The Hall–Kier alpha value is -3.22. The van der Waals surface area contributed by atoms with Crippen molar-refractivity contribution in [2.75, 3.05) is 0 Å². The van der Waals surface area contributed by atoms with Crippen molar-refractivity contribution < 1.29 is 26.7 Å². The van der Waals surface area contributed by atoms with Crippen LogP contribution in [0.1, 0.15) is 16.7 Å². The summed E-state index contributed by atoms with van der Waals surface area (Å²) in [5.41, 5.74) is 3.19. The molecule has 0 aromatic heterocycles. The number of ether oxygens (including phenoxy) is 1. The molecule has 0 atom stereocenters. The van der Waals surface area contributed by atoms with Gasteiger partial charge in [-0.2, -0.15) is 22.0 Å². The minimum Gasteiger partial charge on any atom is -0.426 e. The predicted molar refractivity (Wildman–Crippen MR) is 100 cm³/mol. The second kappa shape index (κ2) is 8.43. The molecule has 7 heteroatoms. The van der Waals surface area contributed by atoms with Crippen LogP contribution in [0.15, 0.2) is 89.9 Å². The van der Waals surface area contributed by atoms with Crippen LogP contribution in [0.25, 0.3) is 0 Å². The molecule has 150 valence electrons. The third kappa shape index (κ3) is 5.19. The molecule has 0 aliphatic rings. The summed E-state index contributed by atoms with van der Waals surface area (Å²) in [6.07, 6.45) is -11.0. The van der Waals surface area contributed by atoms with Gasteiger partial charge < -0.3 is 4.74 Å². The van der Waals surface area contributed by atoms with Crippen LogP contribution < -0.4 is 4.74 Å². The van der Waals surface area contributed by atoms with E-state index in [-0.39, 0.29) is 6.54 Å². The molecule has 0 amide bonds. The average Bonchev–Trinajstić information content (AvgIpc) is 2.70. The van der Waals surface area contributed by atoms with Gasteiger partial charge in [0.1, 0.15) is 5.75 Å². The molecule has 0 unspecified atom stereocenters. The van der Waals surface area contributed by atoms with E-state index in [1.807, 2.05) is 60.7 Å². The number of hydrogen-bond acceptors (Lipinski definition) is 2. The Morgan fingerprint density at radius 3 is 1.62 bits per heavy atom. The van der Waals surface area contributed by atoms with Crippen LogP contribution in [0.2, 0.25) is 0 Å². The molecule has 3 rings (SSSR count). The van der Waals surface area contributed by atoms with Crippen molar-refractivity contribution in [3.63, 3.8) is 0 Å². The second-order valence-corrected chi connectivity index (χ2v) is 6.16. The highest BCUT2D eigenvalue weighted by molar-refractivity contribution is 6.12. The fraction of sp³-hybridized carbons (Fsp3) is 0.136. The first-order valence-corrected chi connectivity index (χ1v) is 8.64. The zero-order valence-electron chi connectivity index (χ0n) is 15.0. The van der Waals surface area contributed by atoms with E-state index < -0.39 is 18.0 Å². The largest absolute Gasteiger partial charge is 0.499 e. The average molecular weight is 405 g/mol. The Morgan fingerprint density at radius 1 is 0.690 bits per heavy atom. The molecule has 0 fully saturated rings. The maximum absolute atomic E-state index is 13.0. The van der Waals surface area contributed by atoms with Gasteiger partial charge in [-0.25, -0.2) is 0 Å². The van der Waals surface area contributed by atoms with Crippen molar-refractivity contribution in [2.45, 2.75) is 18.8 Å². The van der Waals surface area contributed by atoms with Crippen LogP contribution in [-0.2, 0) is 6.54 Å². The van der Waals surface area contributed by atoms with Gasteiger partial charge in [-0.3, -0.25) is 4.99 Å². The van der Waals surface area contributed by atoms with Crippen LogP contribution in [0.3, 0.4) is 0 Å². The van der Waals surface area contributed by atoms with Gasteiger partial charge in [0.25, 0.3) is 0 Å². The maximum atomic E-state index is 13.0. The molecular weight excluding hydrogens is 389 g/mol. The fourth-order valence-corrected chi connectivity index (χ4v) is 2.58.